The Morgan fingerprint density at radius 1 is 1.70 bits per heavy atom. The molecule has 1 rings (SSSR count). The van der Waals surface area contributed by atoms with Gasteiger partial charge >= 0.3 is 0 Å². The van der Waals surface area contributed by atoms with Crippen molar-refractivity contribution in [2.75, 3.05) is 0 Å². The monoisotopic (exact) mass is 139 g/mol. The van der Waals surface area contributed by atoms with Crippen LogP contribution < -0.4 is 10.9 Å². The smallest absolute Gasteiger partial charge is 0.116 e. The summed E-state index contributed by atoms with van der Waals surface area (Å²) in [4.78, 5) is 0. The number of allylic oxidation sites excluding steroid dienone is 2. The van der Waals surface area contributed by atoms with Crippen LogP contribution in [0.3, 0.4) is 0 Å². The molecule has 0 atom stereocenters. The lowest BCUT2D eigenvalue weighted by molar-refractivity contribution is -0.639. The van der Waals surface area contributed by atoms with Gasteiger partial charge in [0.05, 0.1) is 0 Å². The minimum atomic E-state index is 1.11. The van der Waals surface area contributed by atoms with Crippen molar-refractivity contribution in [1.29, 1.82) is 0 Å². The van der Waals surface area contributed by atoms with E-state index in [0.717, 1.165) is 6.42 Å². The van der Waals surface area contributed by atoms with Crippen molar-refractivity contribution < 1.29 is 5.43 Å². The van der Waals surface area contributed by atoms with E-state index in [1.807, 2.05) is 11.6 Å². The van der Waals surface area contributed by atoms with Crippen molar-refractivity contribution in [3.05, 3.63) is 24.0 Å². The third kappa shape index (κ3) is 2.23. The van der Waals surface area contributed by atoms with Gasteiger partial charge in [-0.05, 0) is 18.4 Å². The highest BCUT2D eigenvalue weighted by Gasteiger charge is 1.97. The van der Waals surface area contributed by atoms with Crippen molar-refractivity contribution in [3.63, 3.8) is 0 Å². The summed E-state index contributed by atoms with van der Waals surface area (Å²) in [5.41, 5.74) is 6.57. The van der Waals surface area contributed by atoms with Gasteiger partial charge in [0.2, 0.25) is 0 Å². The first-order chi connectivity index (χ1) is 4.93. The molecule has 0 spiro atoms. The van der Waals surface area contributed by atoms with Crippen LogP contribution in [0.5, 0.6) is 0 Å². The molecule has 56 valence electrons. The maximum atomic E-state index is 3.05. The molecule has 1 aliphatic rings. The van der Waals surface area contributed by atoms with Crippen LogP contribution in [0.25, 0.3) is 0 Å². The van der Waals surface area contributed by atoms with Gasteiger partial charge in [-0.15, -0.1) is 0 Å². The van der Waals surface area contributed by atoms with Gasteiger partial charge in [0.25, 0.3) is 0 Å². The molecule has 0 aromatic carbocycles. The Balaban J connectivity index is 2.40. The lowest BCUT2D eigenvalue weighted by Crippen LogP contribution is -2.86. The van der Waals surface area contributed by atoms with Crippen LogP contribution in [0, 0.1) is 0 Å². The standard InChI is InChI=1S/C8H14N2/c1-2-4-8-5-3-6-9-10-7-8/h3,6-7,9-10H,2,4-5H2,1H3/p+1. The van der Waals surface area contributed by atoms with Crippen molar-refractivity contribution in [2.45, 2.75) is 26.2 Å². The lowest BCUT2D eigenvalue weighted by atomic mass is 10.1. The Labute approximate surface area is 62.0 Å². The Kier molecular flexibility index (Phi) is 3.03. The van der Waals surface area contributed by atoms with Crippen LogP contribution in [0.2, 0.25) is 0 Å². The molecule has 0 saturated carbocycles. The largest absolute Gasteiger partial charge is 0.243 e. The van der Waals surface area contributed by atoms with Gasteiger partial charge in [-0.25, -0.2) is 10.9 Å². The fourth-order valence-corrected chi connectivity index (χ4v) is 1.07. The molecule has 3 N–H and O–H groups in total. The molecule has 2 nitrogen and oxygen atoms in total. The van der Waals surface area contributed by atoms with E-state index < -0.39 is 0 Å². The van der Waals surface area contributed by atoms with Crippen LogP contribution in [0.1, 0.15) is 26.2 Å². The van der Waals surface area contributed by atoms with E-state index in [-0.39, 0.29) is 0 Å². The molecular weight excluding hydrogens is 124 g/mol. The second-order valence-electron chi connectivity index (χ2n) is 2.51. The van der Waals surface area contributed by atoms with E-state index in [0.29, 0.717) is 0 Å². The SMILES string of the molecule is CCCC1=C[NH2+]NC=CC1. The molecule has 0 aliphatic carbocycles. The van der Waals surface area contributed by atoms with Gasteiger partial charge in [-0.1, -0.05) is 19.4 Å². The minimum Gasteiger partial charge on any atom is -0.243 e. The molecular formula is C8H15N2+. The van der Waals surface area contributed by atoms with E-state index in [9.17, 15) is 0 Å². The minimum absolute atomic E-state index is 1.11. The van der Waals surface area contributed by atoms with Gasteiger partial charge in [0.15, 0.2) is 0 Å². The Hall–Kier alpha value is -0.760. The molecule has 0 bridgehead atoms. The molecule has 0 aromatic rings. The third-order valence-corrected chi connectivity index (χ3v) is 1.58. The van der Waals surface area contributed by atoms with Crippen molar-refractivity contribution in [3.8, 4) is 0 Å². The predicted octanol–water partition coefficient (Wildman–Crippen LogP) is 0.656. The number of rotatable bonds is 2. The Bertz CT molecular complexity index is 147. The molecule has 0 saturated heterocycles. The molecule has 0 fully saturated rings. The van der Waals surface area contributed by atoms with Crippen molar-refractivity contribution in [2.24, 2.45) is 0 Å². The molecule has 2 heteroatoms. The summed E-state index contributed by atoms with van der Waals surface area (Å²) in [6, 6.07) is 0. The zero-order valence-electron chi connectivity index (χ0n) is 6.43. The summed E-state index contributed by atoms with van der Waals surface area (Å²) in [5, 5.41) is 0. The lowest BCUT2D eigenvalue weighted by Gasteiger charge is -1.96. The second-order valence-corrected chi connectivity index (χ2v) is 2.51. The topological polar surface area (TPSA) is 28.6 Å². The number of hydrogen-bond donors (Lipinski definition) is 2. The summed E-state index contributed by atoms with van der Waals surface area (Å²) in [5.74, 6) is 0. The predicted molar refractivity (Wildman–Crippen MR) is 41.8 cm³/mol. The highest BCUT2D eigenvalue weighted by Crippen LogP contribution is 2.08. The first-order valence-corrected chi connectivity index (χ1v) is 3.86. The molecule has 0 aromatic heterocycles. The molecule has 1 heterocycles. The maximum Gasteiger partial charge on any atom is 0.116 e. The number of nitrogens with two attached hydrogens (primary N) is 1. The number of hydrogen-bond acceptors (Lipinski definition) is 1. The Morgan fingerprint density at radius 2 is 2.60 bits per heavy atom. The van der Waals surface area contributed by atoms with Crippen molar-refractivity contribution >= 4 is 0 Å². The van der Waals surface area contributed by atoms with E-state index in [1.165, 1.54) is 18.4 Å². The van der Waals surface area contributed by atoms with Crippen LogP contribution in [-0.4, -0.2) is 0 Å². The fourth-order valence-electron chi connectivity index (χ4n) is 1.07. The third-order valence-electron chi connectivity index (χ3n) is 1.58. The quantitative estimate of drug-likeness (QED) is 0.540. The fraction of sp³-hybridized carbons (Fsp3) is 0.500. The van der Waals surface area contributed by atoms with Gasteiger partial charge in [0, 0.05) is 6.20 Å². The van der Waals surface area contributed by atoms with Gasteiger partial charge in [-0.2, -0.15) is 0 Å². The van der Waals surface area contributed by atoms with Gasteiger partial charge < -0.3 is 0 Å². The summed E-state index contributed by atoms with van der Waals surface area (Å²) < 4.78 is 0. The van der Waals surface area contributed by atoms with Crippen LogP contribution in [0.4, 0.5) is 0 Å². The molecule has 0 radical (unpaired) electrons. The van der Waals surface area contributed by atoms with Gasteiger partial charge in [0.1, 0.15) is 6.20 Å². The van der Waals surface area contributed by atoms with E-state index >= 15 is 0 Å². The van der Waals surface area contributed by atoms with Crippen LogP contribution in [-0.2, 0) is 0 Å². The average molecular weight is 139 g/mol. The van der Waals surface area contributed by atoms with E-state index in [2.05, 4.69) is 24.6 Å². The summed E-state index contributed by atoms with van der Waals surface area (Å²) in [7, 11) is 0. The van der Waals surface area contributed by atoms with E-state index in [4.69, 9.17) is 0 Å². The van der Waals surface area contributed by atoms with E-state index in [1.54, 1.807) is 0 Å². The zero-order valence-corrected chi connectivity index (χ0v) is 6.43. The second kappa shape index (κ2) is 4.12. The number of quaternary nitrogens is 1. The summed E-state index contributed by atoms with van der Waals surface area (Å²) >= 11 is 0. The maximum absolute atomic E-state index is 3.05. The summed E-state index contributed by atoms with van der Waals surface area (Å²) in [6.45, 7) is 2.21. The first kappa shape index (κ1) is 7.35. The molecule has 0 unspecified atom stereocenters. The normalized spacial score (nSPS) is 17.5. The number of nitrogens with one attached hydrogen (secondary N) is 1. The molecule has 10 heavy (non-hydrogen) atoms. The highest BCUT2D eigenvalue weighted by atomic mass is 15.3. The zero-order chi connectivity index (χ0) is 7.23. The van der Waals surface area contributed by atoms with Gasteiger partial charge in [-0.3, -0.25) is 0 Å². The van der Waals surface area contributed by atoms with Crippen LogP contribution >= 0.6 is 0 Å². The first-order valence-electron chi connectivity index (χ1n) is 3.86. The molecule has 0 amide bonds. The van der Waals surface area contributed by atoms with Crippen LogP contribution in [0.15, 0.2) is 24.0 Å². The average Bonchev–Trinajstić information content (AvgIpc) is 2.17. The van der Waals surface area contributed by atoms with Crippen molar-refractivity contribution in [1.82, 2.24) is 5.43 Å². The highest BCUT2D eigenvalue weighted by molar-refractivity contribution is 5.04. The molecule has 1 aliphatic heterocycles. The Morgan fingerprint density at radius 3 is 3.40 bits per heavy atom. The summed E-state index contributed by atoms with van der Waals surface area (Å²) in [6.07, 6.45) is 9.89.